The van der Waals surface area contributed by atoms with Gasteiger partial charge in [0.05, 0.1) is 19.7 Å². The van der Waals surface area contributed by atoms with Crippen LogP contribution in [0.25, 0.3) is 0 Å². The molecule has 2 aliphatic rings. The van der Waals surface area contributed by atoms with Gasteiger partial charge in [-0.3, -0.25) is 9.36 Å². The molecule has 2 aliphatic heterocycles. The Bertz CT molecular complexity index is 831. The Kier molecular flexibility index (Phi) is 4.50. The maximum Gasteiger partial charge on any atom is 0.343 e. The SMILES string of the molecule is O=C(CCCOc1ccccc1)N1CCC2(C1)Cn1c(n[nH]c1=O)CO2. The number of nitrogens with one attached hydrogen (secondary N) is 1. The first-order valence-corrected chi connectivity index (χ1v) is 8.89. The second kappa shape index (κ2) is 6.95. The Morgan fingerprint density at radius 1 is 1.31 bits per heavy atom. The molecule has 1 amide bonds. The predicted octanol–water partition coefficient (Wildman–Crippen LogP) is 0.932. The number of H-pyrrole nitrogens is 1. The minimum Gasteiger partial charge on any atom is -0.494 e. The van der Waals surface area contributed by atoms with E-state index in [9.17, 15) is 9.59 Å². The third-order valence-corrected chi connectivity index (χ3v) is 5.01. The van der Waals surface area contributed by atoms with E-state index in [0.29, 0.717) is 51.5 Å². The van der Waals surface area contributed by atoms with Gasteiger partial charge in [0.2, 0.25) is 5.91 Å². The van der Waals surface area contributed by atoms with Crippen LogP contribution in [0.5, 0.6) is 5.75 Å². The monoisotopic (exact) mass is 358 g/mol. The number of carbonyl (C=O) groups excluding carboxylic acids is 1. The summed E-state index contributed by atoms with van der Waals surface area (Å²) in [6.45, 7) is 2.42. The molecule has 1 N–H and O–H groups in total. The molecule has 1 spiro atoms. The first-order valence-electron chi connectivity index (χ1n) is 8.89. The number of aromatic nitrogens is 3. The molecule has 1 unspecified atom stereocenters. The molecule has 8 heteroatoms. The summed E-state index contributed by atoms with van der Waals surface area (Å²) in [4.78, 5) is 26.1. The largest absolute Gasteiger partial charge is 0.494 e. The van der Waals surface area contributed by atoms with Crippen molar-refractivity contribution in [2.24, 2.45) is 0 Å². The van der Waals surface area contributed by atoms with E-state index in [1.54, 1.807) is 4.57 Å². The smallest absolute Gasteiger partial charge is 0.343 e. The van der Waals surface area contributed by atoms with E-state index in [0.717, 1.165) is 12.2 Å². The molecule has 4 rings (SSSR count). The highest BCUT2D eigenvalue weighted by Gasteiger charge is 2.44. The molecule has 3 heterocycles. The third kappa shape index (κ3) is 3.37. The minimum absolute atomic E-state index is 0.104. The highest BCUT2D eigenvalue weighted by Crippen LogP contribution is 2.31. The van der Waals surface area contributed by atoms with Crippen LogP contribution in [0.15, 0.2) is 35.1 Å². The number of hydrogen-bond acceptors (Lipinski definition) is 5. The fraction of sp³-hybridized carbons (Fsp3) is 0.500. The summed E-state index contributed by atoms with van der Waals surface area (Å²) >= 11 is 0. The van der Waals surface area contributed by atoms with Crippen LogP contribution in [0.2, 0.25) is 0 Å². The average molecular weight is 358 g/mol. The van der Waals surface area contributed by atoms with Crippen LogP contribution in [0.1, 0.15) is 25.1 Å². The summed E-state index contributed by atoms with van der Waals surface area (Å²) < 4.78 is 13.2. The molecule has 0 saturated carbocycles. The van der Waals surface area contributed by atoms with Crippen molar-refractivity contribution in [1.29, 1.82) is 0 Å². The zero-order chi connectivity index (χ0) is 18.0. The molecule has 1 aromatic heterocycles. The molecule has 0 radical (unpaired) electrons. The number of fused-ring (bicyclic) bond motifs is 1. The fourth-order valence-electron chi connectivity index (χ4n) is 3.57. The Morgan fingerprint density at radius 2 is 2.15 bits per heavy atom. The first-order chi connectivity index (χ1) is 12.7. The lowest BCUT2D eigenvalue weighted by atomic mass is 10.0. The van der Waals surface area contributed by atoms with Gasteiger partial charge in [0.25, 0.3) is 0 Å². The van der Waals surface area contributed by atoms with E-state index in [1.807, 2.05) is 35.2 Å². The molecule has 0 bridgehead atoms. The second-order valence-electron chi connectivity index (χ2n) is 6.83. The molecule has 138 valence electrons. The zero-order valence-corrected chi connectivity index (χ0v) is 14.5. The van der Waals surface area contributed by atoms with E-state index in [-0.39, 0.29) is 11.6 Å². The zero-order valence-electron chi connectivity index (χ0n) is 14.5. The summed E-state index contributed by atoms with van der Waals surface area (Å²) in [6, 6.07) is 9.58. The summed E-state index contributed by atoms with van der Waals surface area (Å²) in [5.74, 6) is 1.54. The molecule has 26 heavy (non-hydrogen) atoms. The van der Waals surface area contributed by atoms with Gasteiger partial charge in [-0.25, -0.2) is 9.89 Å². The van der Waals surface area contributed by atoms with Crippen molar-refractivity contribution < 1.29 is 14.3 Å². The van der Waals surface area contributed by atoms with Gasteiger partial charge in [-0.05, 0) is 25.0 Å². The summed E-state index contributed by atoms with van der Waals surface area (Å²) in [5.41, 5.74) is -0.692. The number of ether oxygens (including phenoxy) is 2. The van der Waals surface area contributed by atoms with Crippen LogP contribution in [0.3, 0.4) is 0 Å². The van der Waals surface area contributed by atoms with Gasteiger partial charge in [-0.2, -0.15) is 5.10 Å². The lowest BCUT2D eigenvalue weighted by Crippen LogP contribution is -2.47. The van der Waals surface area contributed by atoms with E-state index < -0.39 is 5.60 Å². The number of aromatic amines is 1. The van der Waals surface area contributed by atoms with Crippen molar-refractivity contribution in [2.45, 2.75) is 38.0 Å². The van der Waals surface area contributed by atoms with Gasteiger partial charge in [0.15, 0.2) is 5.82 Å². The van der Waals surface area contributed by atoms with Crippen LogP contribution in [0, 0.1) is 0 Å². The van der Waals surface area contributed by atoms with Crippen LogP contribution in [0.4, 0.5) is 0 Å². The number of rotatable bonds is 5. The average Bonchev–Trinajstić information content (AvgIpc) is 3.24. The molecule has 1 aromatic carbocycles. The lowest BCUT2D eigenvalue weighted by Gasteiger charge is -2.33. The van der Waals surface area contributed by atoms with Gasteiger partial charge in [-0.15, -0.1) is 0 Å². The lowest BCUT2D eigenvalue weighted by molar-refractivity contribution is -0.133. The van der Waals surface area contributed by atoms with Gasteiger partial charge in [0, 0.05) is 13.0 Å². The third-order valence-electron chi connectivity index (χ3n) is 5.01. The quantitative estimate of drug-likeness (QED) is 0.803. The number of benzene rings is 1. The minimum atomic E-state index is -0.475. The molecule has 1 fully saturated rings. The number of amides is 1. The molecule has 2 aromatic rings. The Morgan fingerprint density at radius 3 is 3.00 bits per heavy atom. The van der Waals surface area contributed by atoms with E-state index in [4.69, 9.17) is 9.47 Å². The fourth-order valence-corrected chi connectivity index (χ4v) is 3.57. The number of nitrogens with zero attached hydrogens (tertiary/aromatic N) is 3. The van der Waals surface area contributed by atoms with Crippen molar-refractivity contribution in [1.82, 2.24) is 19.7 Å². The van der Waals surface area contributed by atoms with Crippen LogP contribution >= 0.6 is 0 Å². The van der Waals surface area contributed by atoms with Crippen LogP contribution in [-0.4, -0.2) is 50.9 Å². The highest BCUT2D eigenvalue weighted by molar-refractivity contribution is 5.76. The Balaban J connectivity index is 1.27. The highest BCUT2D eigenvalue weighted by atomic mass is 16.5. The molecule has 1 atom stereocenters. The predicted molar refractivity (Wildman–Crippen MR) is 92.7 cm³/mol. The van der Waals surface area contributed by atoms with Crippen molar-refractivity contribution in [3.05, 3.63) is 46.6 Å². The first kappa shape index (κ1) is 16.8. The van der Waals surface area contributed by atoms with Gasteiger partial charge >= 0.3 is 5.69 Å². The maximum absolute atomic E-state index is 12.5. The van der Waals surface area contributed by atoms with Crippen molar-refractivity contribution >= 4 is 5.91 Å². The van der Waals surface area contributed by atoms with Crippen LogP contribution < -0.4 is 10.4 Å². The number of hydrogen-bond donors (Lipinski definition) is 1. The molecule has 8 nitrogen and oxygen atoms in total. The summed E-state index contributed by atoms with van der Waals surface area (Å²) in [7, 11) is 0. The Labute approximate surface area is 150 Å². The number of carbonyl (C=O) groups is 1. The summed E-state index contributed by atoms with van der Waals surface area (Å²) in [5, 5.41) is 6.40. The van der Waals surface area contributed by atoms with Crippen molar-refractivity contribution in [3.63, 3.8) is 0 Å². The van der Waals surface area contributed by atoms with Crippen LogP contribution in [-0.2, 0) is 22.7 Å². The molecular formula is C18H22N4O4. The van der Waals surface area contributed by atoms with Gasteiger partial charge < -0.3 is 14.4 Å². The van der Waals surface area contributed by atoms with Crippen molar-refractivity contribution in [3.8, 4) is 5.75 Å². The Hall–Kier alpha value is -2.61. The summed E-state index contributed by atoms with van der Waals surface area (Å²) in [6.07, 6.45) is 1.85. The second-order valence-corrected chi connectivity index (χ2v) is 6.83. The number of likely N-dealkylation sites (tertiary alicyclic amines) is 1. The van der Waals surface area contributed by atoms with Gasteiger partial charge in [0.1, 0.15) is 18.0 Å². The normalized spacial score (nSPS) is 21.8. The number of para-hydroxylation sites is 1. The molecule has 0 aliphatic carbocycles. The topological polar surface area (TPSA) is 89.5 Å². The standard InChI is InChI=1S/C18H22N4O4/c23-16(7-4-10-25-14-5-2-1-3-6-14)21-9-8-18(12-21)13-22-15(11-26-18)19-20-17(22)24/h1-3,5-6H,4,7-13H2,(H,20,24). The van der Waals surface area contributed by atoms with Gasteiger partial charge in [-0.1, -0.05) is 18.2 Å². The van der Waals surface area contributed by atoms with Crippen molar-refractivity contribution in [2.75, 3.05) is 19.7 Å². The van der Waals surface area contributed by atoms with E-state index in [1.165, 1.54) is 0 Å². The maximum atomic E-state index is 12.5. The molecule has 1 saturated heterocycles. The van der Waals surface area contributed by atoms with E-state index in [2.05, 4.69) is 10.2 Å². The molecular weight excluding hydrogens is 336 g/mol. The van der Waals surface area contributed by atoms with E-state index >= 15 is 0 Å².